The normalized spacial score (nSPS) is 11.5. The Labute approximate surface area is 192 Å². The monoisotopic (exact) mass is 476 g/mol. The SMILES string of the molecule is CC/C(Cl)=C(/c1nnc(NC(=O)c2cc(Nc3cccnc3)c(OC)c(=O)o2)s1)N(C)C. The Balaban J connectivity index is 1.87. The largest absolute Gasteiger partial charge is 0.488 e. The van der Waals surface area contributed by atoms with E-state index in [1.807, 2.05) is 25.9 Å². The molecule has 0 unspecified atom stereocenters. The molecule has 0 saturated carbocycles. The van der Waals surface area contributed by atoms with Crippen LogP contribution in [0.2, 0.25) is 0 Å². The second-order valence-electron chi connectivity index (χ2n) is 6.58. The first-order chi connectivity index (χ1) is 15.3. The van der Waals surface area contributed by atoms with Gasteiger partial charge in [0, 0.05) is 31.4 Å². The van der Waals surface area contributed by atoms with Gasteiger partial charge in [-0.05, 0) is 18.6 Å². The van der Waals surface area contributed by atoms with E-state index in [0.717, 1.165) is 11.3 Å². The Hall–Kier alpha value is -3.44. The summed E-state index contributed by atoms with van der Waals surface area (Å²) in [5, 5.41) is 15.1. The van der Waals surface area contributed by atoms with Crippen molar-refractivity contribution >= 4 is 51.0 Å². The van der Waals surface area contributed by atoms with Crippen LogP contribution in [0.1, 0.15) is 28.9 Å². The highest BCUT2D eigenvalue weighted by Crippen LogP contribution is 2.30. The Bertz CT molecular complexity index is 1190. The molecule has 0 spiro atoms. The van der Waals surface area contributed by atoms with Gasteiger partial charge < -0.3 is 19.4 Å². The number of hydrogen-bond donors (Lipinski definition) is 2. The minimum Gasteiger partial charge on any atom is -0.488 e. The van der Waals surface area contributed by atoms with Crippen molar-refractivity contribution in [2.75, 3.05) is 31.8 Å². The van der Waals surface area contributed by atoms with Crippen LogP contribution >= 0.6 is 22.9 Å². The zero-order valence-electron chi connectivity index (χ0n) is 17.8. The maximum Gasteiger partial charge on any atom is 0.381 e. The highest BCUT2D eigenvalue weighted by Gasteiger charge is 2.20. The second kappa shape index (κ2) is 10.2. The molecule has 3 rings (SSSR count). The van der Waals surface area contributed by atoms with Crippen LogP contribution < -0.4 is 21.0 Å². The number of carbonyl (C=O) groups is 1. The maximum atomic E-state index is 12.7. The summed E-state index contributed by atoms with van der Waals surface area (Å²) < 4.78 is 10.3. The van der Waals surface area contributed by atoms with Crippen LogP contribution in [0.3, 0.4) is 0 Å². The molecule has 3 heterocycles. The summed E-state index contributed by atoms with van der Waals surface area (Å²) in [7, 11) is 5.02. The molecule has 12 heteroatoms. The van der Waals surface area contributed by atoms with Gasteiger partial charge >= 0.3 is 5.63 Å². The van der Waals surface area contributed by atoms with E-state index in [1.54, 1.807) is 24.5 Å². The number of hydrogen-bond acceptors (Lipinski definition) is 10. The Kier molecular flexibility index (Phi) is 7.44. The summed E-state index contributed by atoms with van der Waals surface area (Å²) in [5.41, 5.74) is 0.767. The van der Waals surface area contributed by atoms with Crippen molar-refractivity contribution in [1.82, 2.24) is 20.1 Å². The third kappa shape index (κ3) is 5.24. The number of methoxy groups -OCH3 is 1. The fraction of sp³-hybridized carbons (Fsp3) is 0.250. The predicted molar refractivity (Wildman–Crippen MR) is 124 cm³/mol. The van der Waals surface area contributed by atoms with Crippen molar-refractivity contribution in [1.29, 1.82) is 0 Å². The number of aromatic nitrogens is 3. The lowest BCUT2D eigenvalue weighted by molar-refractivity contribution is 0.0991. The average molecular weight is 477 g/mol. The van der Waals surface area contributed by atoms with Crippen molar-refractivity contribution in [3.8, 4) is 5.75 Å². The molecule has 0 aliphatic carbocycles. The van der Waals surface area contributed by atoms with Gasteiger partial charge in [-0.25, -0.2) is 4.79 Å². The van der Waals surface area contributed by atoms with Gasteiger partial charge in [-0.1, -0.05) is 29.9 Å². The van der Waals surface area contributed by atoms with Gasteiger partial charge in [-0.15, -0.1) is 10.2 Å². The molecule has 0 aliphatic rings. The van der Waals surface area contributed by atoms with Crippen molar-refractivity contribution in [2.24, 2.45) is 0 Å². The number of nitrogens with one attached hydrogen (secondary N) is 2. The highest BCUT2D eigenvalue weighted by atomic mass is 35.5. The van der Waals surface area contributed by atoms with Crippen LogP contribution in [-0.2, 0) is 0 Å². The molecule has 0 fully saturated rings. The minimum absolute atomic E-state index is 0.0708. The number of anilines is 3. The molecule has 1 amide bonds. The molecule has 0 atom stereocenters. The summed E-state index contributed by atoms with van der Waals surface area (Å²) in [6, 6.07) is 4.84. The molecule has 10 nitrogen and oxygen atoms in total. The van der Waals surface area contributed by atoms with E-state index in [0.29, 0.717) is 27.8 Å². The number of ether oxygens (including phenoxy) is 1. The molecule has 0 aliphatic heterocycles. The number of allylic oxidation sites excluding steroid dienone is 1. The molecule has 32 heavy (non-hydrogen) atoms. The molecule has 3 aromatic rings. The zero-order valence-corrected chi connectivity index (χ0v) is 19.4. The van der Waals surface area contributed by atoms with E-state index in [1.165, 1.54) is 13.2 Å². The summed E-state index contributed by atoms with van der Waals surface area (Å²) >= 11 is 7.47. The molecule has 0 radical (unpaired) electrons. The third-order valence-electron chi connectivity index (χ3n) is 4.14. The summed E-state index contributed by atoms with van der Waals surface area (Å²) in [4.78, 5) is 30.9. The van der Waals surface area contributed by atoms with Crippen LogP contribution in [0.5, 0.6) is 5.75 Å². The summed E-state index contributed by atoms with van der Waals surface area (Å²) in [6.07, 6.45) is 3.80. The van der Waals surface area contributed by atoms with Gasteiger partial charge in [0.25, 0.3) is 5.91 Å². The lowest BCUT2D eigenvalue weighted by Gasteiger charge is -2.16. The fourth-order valence-electron chi connectivity index (χ4n) is 2.72. The van der Waals surface area contributed by atoms with Gasteiger partial charge in [0.1, 0.15) is 0 Å². The van der Waals surface area contributed by atoms with Gasteiger partial charge in [-0.3, -0.25) is 15.1 Å². The van der Waals surface area contributed by atoms with Crippen LogP contribution in [0.15, 0.2) is 44.8 Å². The van der Waals surface area contributed by atoms with Gasteiger partial charge in [0.2, 0.25) is 10.9 Å². The molecular weight excluding hydrogens is 456 g/mol. The van der Waals surface area contributed by atoms with E-state index in [2.05, 4.69) is 25.8 Å². The average Bonchev–Trinajstić information content (AvgIpc) is 3.21. The number of nitrogens with zero attached hydrogens (tertiary/aromatic N) is 4. The van der Waals surface area contributed by atoms with Gasteiger partial charge in [-0.2, -0.15) is 0 Å². The first-order valence-corrected chi connectivity index (χ1v) is 10.6. The summed E-state index contributed by atoms with van der Waals surface area (Å²) in [6.45, 7) is 1.93. The molecule has 168 valence electrons. The number of amides is 1. The molecule has 3 aromatic heterocycles. The van der Waals surface area contributed by atoms with Gasteiger partial charge in [0.05, 0.1) is 30.4 Å². The standard InChI is InChI=1S/C20H21ClN6O4S/c1-5-12(21)15(27(2)3)18-25-26-20(32-18)24-17(28)14-9-13(16(30-4)19(29)31-14)23-11-7-6-8-22-10-11/h6-10,23H,5H2,1-4H3,(H,24,26,28)/b15-12+. The Morgan fingerprint density at radius 2 is 2.12 bits per heavy atom. The lowest BCUT2D eigenvalue weighted by Crippen LogP contribution is -2.16. The molecule has 0 aromatic carbocycles. The topological polar surface area (TPSA) is 122 Å². The van der Waals surface area contributed by atoms with E-state index >= 15 is 0 Å². The molecule has 0 bridgehead atoms. The number of halogens is 1. The number of rotatable bonds is 8. The first-order valence-electron chi connectivity index (χ1n) is 9.44. The highest BCUT2D eigenvalue weighted by molar-refractivity contribution is 7.16. The Morgan fingerprint density at radius 3 is 2.75 bits per heavy atom. The smallest absolute Gasteiger partial charge is 0.381 e. The summed E-state index contributed by atoms with van der Waals surface area (Å²) in [5.74, 6) is -0.967. The first kappa shape index (κ1) is 23.2. The van der Waals surface area contributed by atoms with Crippen LogP contribution in [0.4, 0.5) is 16.5 Å². The van der Waals surface area contributed by atoms with Crippen LogP contribution in [0.25, 0.3) is 5.70 Å². The third-order valence-corrected chi connectivity index (χ3v) is 5.43. The van der Waals surface area contributed by atoms with Crippen molar-refractivity contribution in [3.05, 3.63) is 56.8 Å². The molecule has 2 N–H and O–H groups in total. The maximum absolute atomic E-state index is 12.7. The second-order valence-corrected chi connectivity index (χ2v) is 8.01. The fourth-order valence-corrected chi connectivity index (χ4v) is 3.93. The molecular formula is C20H21ClN6O4S. The lowest BCUT2D eigenvalue weighted by atomic mass is 10.3. The Morgan fingerprint density at radius 1 is 1.34 bits per heavy atom. The van der Waals surface area contributed by atoms with Crippen molar-refractivity contribution in [3.63, 3.8) is 0 Å². The van der Waals surface area contributed by atoms with Crippen molar-refractivity contribution in [2.45, 2.75) is 13.3 Å². The van der Waals surface area contributed by atoms with E-state index in [-0.39, 0.29) is 22.3 Å². The van der Waals surface area contributed by atoms with E-state index in [4.69, 9.17) is 20.8 Å². The van der Waals surface area contributed by atoms with Crippen LogP contribution in [-0.4, -0.2) is 47.2 Å². The zero-order chi connectivity index (χ0) is 23.3. The molecule has 0 saturated heterocycles. The van der Waals surface area contributed by atoms with E-state index < -0.39 is 11.5 Å². The predicted octanol–water partition coefficient (Wildman–Crippen LogP) is 3.77. The number of pyridine rings is 1. The number of carbonyl (C=O) groups excluding carboxylic acids is 1. The van der Waals surface area contributed by atoms with Crippen LogP contribution in [0, 0.1) is 0 Å². The minimum atomic E-state index is -0.808. The van der Waals surface area contributed by atoms with Gasteiger partial charge in [0.15, 0.2) is 10.8 Å². The van der Waals surface area contributed by atoms with Crippen molar-refractivity contribution < 1.29 is 13.9 Å². The van der Waals surface area contributed by atoms with E-state index in [9.17, 15) is 9.59 Å². The quantitative estimate of drug-likeness (QED) is 0.500.